The lowest BCUT2D eigenvalue weighted by Crippen LogP contribution is -2.39. The molecule has 1 saturated heterocycles. The number of hydrogen-bond acceptors (Lipinski definition) is 5. The van der Waals surface area contributed by atoms with Crippen molar-refractivity contribution in [1.82, 2.24) is 14.0 Å². The van der Waals surface area contributed by atoms with Gasteiger partial charge in [0, 0.05) is 30.8 Å². The summed E-state index contributed by atoms with van der Waals surface area (Å²) < 4.78 is 40.8. The molecule has 5 rings (SSSR count). The molecule has 4 aromatic rings. The smallest absolute Gasteiger partial charge is 0.302 e. The molecule has 0 radical (unpaired) electrons. The number of piperidine rings is 1. The lowest BCUT2D eigenvalue weighted by molar-refractivity contribution is 0.0837. The highest BCUT2D eigenvalue weighted by Gasteiger charge is 2.26. The molecule has 0 atom stereocenters. The van der Waals surface area contributed by atoms with Crippen LogP contribution in [0.1, 0.15) is 28.8 Å². The largest absolute Gasteiger partial charge is 0.333 e. The number of imidazole rings is 1. The van der Waals surface area contributed by atoms with Gasteiger partial charge in [-0.05, 0) is 86.9 Å². The van der Waals surface area contributed by atoms with E-state index in [1.807, 2.05) is 25.1 Å². The summed E-state index contributed by atoms with van der Waals surface area (Å²) >= 11 is 0. The molecule has 0 N–H and O–H groups in total. The van der Waals surface area contributed by atoms with E-state index in [1.54, 1.807) is 33.4 Å². The Morgan fingerprint density at radius 1 is 0.974 bits per heavy atom. The van der Waals surface area contributed by atoms with Crippen molar-refractivity contribution in [3.63, 3.8) is 0 Å². The number of halogens is 2. The van der Waals surface area contributed by atoms with Crippen molar-refractivity contribution in [2.45, 2.75) is 31.2 Å². The zero-order valence-electron chi connectivity index (χ0n) is 21.8. The molecule has 0 aliphatic carbocycles. The van der Waals surface area contributed by atoms with Crippen molar-refractivity contribution in [3.8, 4) is 5.69 Å². The van der Waals surface area contributed by atoms with Crippen molar-refractivity contribution in [3.05, 3.63) is 94.2 Å². The van der Waals surface area contributed by atoms with E-state index in [0.29, 0.717) is 37.2 Å². The van der Waals surface area contributed by atoms with Gasteiger partial charge >= 0.3 is 5.69 Å². The van der Waals surface area contributed by atoms with Gasteiger partial charge in [-0.2, -0.15) is 0 Å². The molecule has 39 heavy (non-hydrogen) atoms. The number of likely N-dealkylation sites (tertiary alicyclic amines) is 1. The van der Waals surface area contributed by atoms with Crippen LogP contribution in [0.25, 0.3) is 16.7 Å². The second-order valence-electron chi connectivity index (χ2n) is 9.97. The second kappa shape index (κ2) is 11.5. The van der Waals surface area contributed by atoms with E-state index in [1.165, 1.54) is 24.3 Å². The van der Waals surface area contributed by atoms with E-state index < -0.39 is 9.84 Å². The lowest BCUT2D eigenvalue weighted by Gasteiger charge is -2.31. The molecular weight excluding hydrogens is 541 g/mol. The Kier molecular flexibility index (Phi) is 8.44. The average molecular weight is 572 g/mol. The van der Waals surface area contributed by atoms with Gasteiger partial charge in [-0.15, -0.1) is 12.4 Å². The third-order valence-electron chi connectivity index (χ3n) is 7.38. The van der Waals surface area contributed by atoms with Crippen LogP contribution in [-0.2, 0) is 16.4 Å². The fourth-order valence-electron chi connectivity index (χ4n) is 5.29. The number of Topliss-reactive ketones (excluding diaryl/α,β-unsaturated/α-hetero) is 1. The predicted octanol–water partition coefficient (Wildman–Crippen LogP) is 4.66. The Morgan fingerprint density at radius 2 is 1.64 bits per heavy atom. The van der Waals surface area contributed by atoms with E-state index in [-0.39, 0.29) is 40.5 Å². The maximum Gasteiger partial charge on any atom is 0.333 e. The van der Waals surface area contributed by atoms with E-state index in [0.717, 1.165) is 35.9 Å². The van der Waals surface area contributed by atoms with Crippen LogP contribution in [-0.4, -0.2) is 54.1 Å². The summed E-state index contributed by atoms with van der Waals surface area (Å²) in [6.07, 6.45) is 2.58. The highest BCUT2D eigenvalue weighted by molar-refractivity contribution is 7.90. The van der Waals surface area contributed by atoms with Crippen LogP contribution in [0.4, 0.5) is 4.39 Å². The molecule has 0 saturated carbocycles. The number of ketones is 1. The van der Waals surface area contributed by atoms with Crippen molar-refractivity contribution in [2.75, 3.05) is 25.9 Å². The van der Waals surface area contributed by atoms with Gasteiger partial charge in [-0.3, -0.25) is 13.9 Å². The standard InChI is InChI=1S/C29H30FN3O4S.ClH/c1-20-5-3-8-26-27(20)33(24-6-4-7-25(19-24)38(2,36)37)29(35)32(26)18-17-31-15-13-22(14-16-31)28(34)21-9-11-23(30)12-10-21;/h3-12,19,22H,13-18H2,1-2H3;1H. The van der Waals surface area contributed by atoms with Crippen LogP contribution in [0.15, 0.2) is 76.4 Å². The molecule has 1 aliphatic heterocycles. The number of sulfone groups is 1. The third-order valence-corrected chi connectivity index (χ3v) is 8.49. The molecule has 1 aromatic heterocycles. The van der Waals surface area contributed by atoms with Crippen LogP contribution >= 0.6 is 12.4 Å². The van der Waals surface area contributed by atoms with Crippen molar-refractivity contribution in [2.24, 2.45) is 5.92 Å². The molecule has 2 heterocycles. The molecule has 1 fully saturated rings. The SMILES string of the molecule is Cc1cccc2c1n(-c1cccc(S(C)(=O)=O)c1)c(=O)n2CCN1CCC(C(=O)c2ccc(F)cc2)CC1.Cl. The molecular formula is C29H31ClFN3O4S. The molecule has 0 bridgehead atoms. The number of carbonyl (C=O) groups is 1. The fraction of sp³-hybridized carbons (Fsp3) is 0.310. The van der Waals surface area contributed by atoms with E-state index in [9.17, 15) is 22.4 Å². The zero-order valence-corrected chi connectivity index (χ0v) is 23.5. The first-order chi connectivity index (χ1) is 18.1. The minimum atomic E-state index is -3.43. The normalized spacial score (nSPS) is 14.8. The zero-order chi connectivity index (χ0) is 27.0. The van der Waals surface area contributed by atoms with Gasteiger partial charge in [0.1, 0.15) is 5.82 Å². The number of para-hydroxylation sites is 1. The number of fused-ring (bicyclic) bond motifs is 1. The Labute approximate surface area is 233 Å². The molecule has 1 aliphatic rings. The van der Waals surface area contributed by atoms with Crippen LogP contribution in [0, 0.1) is 18.7 Å². The molecule has 0 unspecified atom stereocenters. The minimum absolute atomic E-state index is 0. The van der Waals surface area contributed by atoms with Gasteiger partial charge in [0.05, 0.1) is 21.6 Å². The summed E-state index contributed by atoms with van der Waals surface area (Å²) in [5.41, 5.74) is 3.30. The Hall–Kier alpha value is -3.27. The third kappa shape index (κ3) is 5.85. The summed E-state index contributed by atoms with van der Waals surface area (Å²) in [4.78, 5) is 28.9. The number of hydrogen-bond donors (Lipinski definition) is 0. The number of rotatable bonds is 7. The number of aromatic nitrogens is 2. The van der Waals surface area contributed by atoms with Crippen LogP contribution < -0.4 is 5.69 Å². The first kappa shape index (κ1) is 28.7. The summed E-state index contributed by atoms with van der Waals surface area (Å²) in [6, 6.07) is 17.9. The molecule has 7 nitrogen and oxygen atoms in total. The van der Waals surface area contributed by atoms with Gasteiger partial charge in [0.25, 0.3) is 0 Å². The van der Waals surface area contributed by atoms with Crippen molar-refractivity contribution < 1.29 is 17.6 Å². The fourth-order valence-corrected chi connectivity index (χ4v) is 5.95. The quantitative estimate of drug-likeness (QED) is 0.301. The minimum Gasteiger partial charge on any atom is -0.302 e. The number of carbonyl (C=O) groups excluding carboxylic acids is 1. The number of aryl methyl sites for hydroxylation is 1. The second-order valence-corrected chi connectivity index (χ2v) is 12.0. The van der Waals surface area contributed by atoms with Crippen molar-refractivity contribution in [1.29, 1.82) is 0 Å². The molecule has 206 valence electrons. The monoisotopic (exact) mass is 571 g/mol. The average Bonchev–Trinajstić information content (AvgIpc) is 3.19. The predicted molar refractivity (Wildman–Crippen MR) is 153 cm³/mol. The highest BCUT2D eigenvalue weighted by atomic mass is 35.5. The van der Waals surface area contributed by atoms with Crippen LogP contribution in [0.2, 0.25) is 0 Å². The molecule has 3 aromatic carbocycles. The van der Waals surface area contributed by atoms with E-state index in [4.69, 9.17) is 0 Å². The van der Waals surface area contributed by atoms with Gasteiger partial charge < -0.3 is 4.90 Å². The van der Waals surface area contributed by atoms with Gasteiger partial charge in [-0.1, -0.05) is 18.2 Å². The highest BCUT2D eigenvalue weighted by Crippen LogP contribution is 2.25. The molecule has 0 spiro atoms. The van der Waals surface area contributed by atoms with E-state index >= 15 is 0 Å². The van der Waals surface area contributed by atoms with Crippen LogP contribution in [0.5, 0.6) is 0 Å². The number of benzene rings is 3. The lowest BCUT2D eigenvalue weighted by atomic mass is 9.89. The van der Waals surface area contributed by atoms with Gasteiger partial charge in [0.2, 0.25) is 0 Å². The Morgan fingerprint density at radius 3 is 2.31 bits per heavy atom. The summed E-state index contributed by atoms with van der Waals surface area (Å²) in [7, 11) is -3.43. The topological polar surface area (TPSA) is 81.4 Å². The van der Waals surface area contributed by atoms with Crippen LogP contribution in [0.3, 0.4) is 0 Å². The Bertz CT molecular complexity index is 1670. The number of nitrogens with zero attached hydrogens (tertiary/aromatic N) is 3. The maximum absolute atomic E-state index is 13.7. The molecule has 0 amide bonds. The van der Waals surface area contributed by atoms with Crippen molar-refractivity contribution >= 4 is 39.1 Å². The molecule has 10 heteroatoms. The van der Waals surface area contributed by atoms with E-state index in [2.05, 4.69) is 4.90 Å². The maximum atomic E-state index is 13.7. The van der Waals surface area contributed by atoms with Gasteiger partial charge in [0.15, 0.2) is 15.6 Å². The first-order valence-electron chi connectivity index (χ1n) is 12.7. The first-order valence-corrected chi connectivity index (χ1v) is 14.6. The summed E-state index contributed by atoms with van der Waals surface area (Å²) in [5, 5.41) is 0. The Balaban J connectivity index is 0.00000353. The summed E-state index contributed by atoms with van der Waals surface area (Å²) in [5.74, 6) is -0.395. The summed E-state index contributed by atoms with van der Waals surface area (Å²) in [6.45, 7) is 4.52. The van der Waals surface area contributed by atoms with Gasteiger partial charge in [-0.25, -0.2) is 17.6 Å².